The van der Waals surface area contributed by atoms with Crippen molar-refractivity contribution in [2.75, 3.05) is 5.75 Å². The number of aromatic hydroxyl groups is 1. The molecule has 122 valence electrons. The van der Waals surface area contributed by atoms with Crippen molar-refractivity contribution in [3.8, 4) is 5.75 Å². The molecule has 1 aliphatic rings. The number of rotatable bonds is 1. The van der Waals surface area contributed by atoms with Gasteiger partial charge in [-0.25, -0.2) is 10.3 Å². The molecule has 3 N–H and O–H groups in total. The number of hydrazine groups is 1. The van der Waals surface area contributed by atoms with Gasteiger partial charge in [0.1, 0.15) is 12.1 Å². The van der Waals surface area contributed by atoms with E-state index in [-0.39, 0.29) is 16.9 Å². The van der Waals surface area contributed by atoms with Crippen molar-refractivity contribution in [2.24, 2.45) is 10.8 Å². The Balaban J connectivity index is 2.58. The summed E-state index contributed by atoms with van der Waals surface area (Å²) in [4.78, 5) is 4.53. The minimum atomic E-state index is -0.120. The molecule has 2 rings (SSSR count). The Morgan fingerprint density at radius 1 is 1.14 bits per heavy atom. The molecule has 0 amide bonds. The van der Waals surface area contributed by atoms with Gasteiger partial charge in [-0.05, 0) is 51.6 Å². The molecule has 1 aliphatic heterocycles. The summed E-state index contributed by atoms with van der Waals surface area (Å²) in [6.07, 6.45) is 1.67. The molecule has 5 heteroatoms. The first kappa shape index (κ1) is 17.2. The van der Waals surface area contributed by atoms with Crippen LogP contribution in [0.25, 0.3) is 0 Å². The van der Waals surface area contributed by atoms with Crippen LogP contribution in [0, 0.1) is 0 Å². The van der Waals surface area contributed by atoms with Crippen LogP contribution in [0.5, 0.6) is 5.75 Å². The van der Waals surface area contributed by atoms with E-state index in [0.29, 0.717) is 5.75 Å². The van der Waals surface area contributed by atoms with E-state index in [1.54, 1.807) is 18.3 Å². The van der Waals surface area contributed by atoms with Crippen molar-refractivity contribution in [1.82, 2.24) is 4.41 Å². The fraction of sp³-hybridized carbons (Fsp3) is 0.588. The van der Waals surface area contributed by atoms with E-state index >= 15 is 0 Å². The van der Waals surface area contributed by atoms with Crippen LogP contribution in [0.2, 0.25) is 0 Å². The van der Waals surface area contributed by atoms with Crippen molar-refractivity contribution in [1.29, 1.82) is 0 Å². The number of nitrogens with two attached hydrogens (primary N) is 1. The highest BCUT2D eigenvalue weighted by Gasteiger charge is 2.28. The molecule has 0 fully saturated rings. The number of hydrogen-bond acceptors (Lipinski definition) is 5. The van der Waals surface area contributed by atoms with Crippen LogP contribution in [-0.4, -0.2) is 21.6 Å². The third kappa shape index (κ3) is 3.58. The Bertz CT molecular complexity index is 550. The Kier molecular flexibility index (Phi) is 4.51. The summed E-state index contributed by atoms with van der Waals surface area (Å²) in [6.45, 7) is 12.7. The molecular formula is C17H27N3OS. The Morgan fingerprint density at radius 3 is 2.00 bits per heavy atom. The number of aliphatic imine (C=N–C) groups is 1. The fourth-order valence-corrected chi connectivity index (χ4v) is 3.27. The number of nitrogens with zero attached hydrogens (tertiary/aromatic N) is 2. The van der Waals surface area contributed by atoms with Gasteiger partial charge in [0.25, 0.3) is 0 Å². The molecule has 0 aliphatic carbocycles. The molecule has 4 nitrogen and oxygen atoms in total. The van der Waals surface area contributed by atoms with Crippen molar-refractivity contribution in [3.63, 3.8) is 0 Å². The molecule has 0 aromatic heterocycles. The van der Waals surface area contributed by atoms with Crippen molar-refractivity contribution in [3.05, 3.63) is 28.8 Å². The largest absolute Gasteiger partial charge is 0.507 e. The monoisotopic (exact) mass is 321 g/mol. The second-order valence-corrected chi connectivity index (χ2v) is 8.91. The molecule has 0 saturated carbocycles. The molecule has 1 unspecified atom stereocenters. The summed E-state index contributed by atoms with van der Waals surface area (Å²) >= 11 is 1.55. The van der Waals surface area contributed by atoms with Gasteiger partial charge in [-0.1, -0.05) is 41.5 Å². The highest BCUT2D eigenvalue weighted by Crippen LogP contribution is 2.42. The Labute approximate surface area is 137 Å². The number of phenols is 1. The van der Waals surface area contributed by atoms with Gasteiger partial charge in [-0.3, -0.25) is 4.99 Å². The molecule has 1 heterocycles. The average molecular weight is 321 g/mol. The first-order valence-electron chi connectivity index (χ1n) is 7.58. The van der Waals surface area contributed by atoms with Gasteiger partial charge in [0, 0.05) is 5.75 Å². The number of hydrogen-bond donors (Lipinski definition) is 2. The lowest BCUT2D eigenvalue weighted by molar-refractivity contribution is 0.422. The number of phenolic OH excluding ortho intramolecular Hbond substituents is 1. The van der Waals surface area contributed by atoms with E-state index < -0.39 is 0 Å². The summed E-state index contributed by atoms with van der Waals surface area (Å²) in [7, 11) is 0. The highest BCUT2D eigenvalue weighted by molar-refractivity contribution is 7.97. The first-order chi connectivity index (χ1) is 10.00. The van der Waals surface area contributed by atoms with Gasteiger partial charge in [-0.2, -0.15) is 0 Å². The van der Waals surface area contributed by atoms with Crippen LogP contribution in [0.3, 0.4) is 0 Å². The summed E-state index contributed by atoms with van der Waals surface area (Å²) in [5.74, 6) is 6.93. The maximum Gasteiger partial charge on any atom is 0.123 e. The molecule has 22 heavy (non-hydrogen) atoms. The second kappa shape index (κ2) is 5.78. The predicted molar refractivity (Wildman–Crippen MR) is 95.2 cm³/mol. The highest BCUT2D eigenvalue weighted by atomic mass is 32.2. The Morgan fingerprint density at radius 2 is 1.64 bits per heavy atom. The zero-order valence-corrected chi connectivity index (χ0v) is 15.2. The number of benzene rings is 1. The van der Waals surface area contributed by atoms with E-state index in [2.05, 4.69) is 58.7 Å². The van der Waals surface area contributed by atoms with E-state index in [1.807, 2.05) is 0 Å². The van der Waals surface area contributed by atoms with Crippen LogP contribution in [0.15, 0.2) is 17.1 Å². The van der Waals surface area contributed by atoms with Crippen molar-refractivity contribution in [2.45, 2.75) is 58.4 Å². The second-order valence-electron chi connectivity index (χ2n) is 7.90. The minimum Gasteiger partial charge on any atom is -0.507 e. The summed E-state index contributed by atoms with van der Waals surface area (Å²) < 4.78 is 1.53. The van der Waals surface area contributed by atoms with Gasteiger partial charge >= 0.3 is 0 Å². The molecule has 1 atom stereocenters. The third-order valence-electron chi connectivity index (χ3n) is 3.87. The molecule has 0 bridgehead atoms. The zero-order valence-electron chi connectivity index (χ0n) is 14.3. The average Bonchev–Trinajstić information content (AvgIpc) is 2.37. The van der Waals surface area contributed by atoms with Gasteiger partial charge < -0.3 is 5.11 Å². The quantitative estimate of drug-likeness (QED) is 0.608. The maximum absolute atomic E-state index is 10.8. The lowest BCUT2D eigenvalue weighted by atomic mass is 9.78. The van der Waals surface area contributed by atoms with E-state index in [4.69, 9.17) is 5.84 Å². The van der Waals surface area contributed by atoms with Gasteiger partial charge in [-0.15, -0.1) is 0 Å². The summed E-state index contributed by atoms with van der Waals surface area (Å²) in [6, 6.07) is 4.27. The van der Waals surface area contributed by atoms with E-state index in [9.17, 15) is 5.11 Å². The van der Waals surface area contributed by atoms with Gasteiger partial charge in [0.05, 0.1) is 6.04 Å². The van der Waals surface area contributed by atoms with Crippen molar-refractivity contribution >= 4 is 18.3 Å². The maximum atomic E-state index is 10.8. The fourth-order valence-electron chi connectivity index (χ4n) is 2.55. The lowest BCUT2D eigenvalue weighted by Crippen LogP contribution is -2.27. The molecule has 1 aromatic rings. The van der Waals surface area contributed by atoms with Crippen LogP contribution in [0.1, 0.15) is 64.3 Å². The minimum absolute atomic E-state index is 0.0765. The SMILES string of the molecule is CC(C)(C)c1cc(C2CSN(N)C=N2)cc(C(C)(C)C)c1O. The first-order valence-corrected chi connectivity index (χ1v) is 8.52. The molecule has 0 spiro atoms. The summed E-state index contributed by atoms with van der Waals surface area (Å²) in [5, 5.41) is 10.8. The summed E-state index contributed by atoms with van der Waals surface area (Å²) in [5.41, 5.74) is 2.86. The van der Waals surface area contributed by atoms with Crippen LogP contribution in [0.4, 0.5) is 0 Å². The van der Waals surface area contributed by atoms with Crippen LogP contribution >= 0.6 is 11.9 Å². The van der Waals surface area contributed by atoms with E-state index in [1.165, 1.54) is 4.41 Å². The van der Waals surface area contributed by atoms with Crippen molar-refractivity contribution < 1.29 is 5.11 Å². The third-order valence-corrected chi connectivity index (χ3v) is 4.73. The molecule has 0 saturated heterocycles. The van der Waals surface area contributed by atoms with Gasteiger partial charge in [0.2, 0.25) is 0 Å². The normalized spacial score (nSPS) is 19.6. The Hall–Kier alpha value is -1.20. The van der Waals surface area contributed by atoms with Gasteiger partial charge in [0.15, 0.2) is 0 Å². The molecule has 1 aromatic carbocycles. The topological polar surface area (TPSA) is 61.8 Å². The molecule has 0 radical (unpaired) electrons. The van der Waals surface area contributed by atoms with E-state index in [0.717, 1.165) is 22.4 Å². The predicted octanol–water partition coefficient (Wildman–Crippen LogP) is 3.89. The lowest BCUT2D eigenvalue weighted by Gasteiger charge is -2.30. The smallest absolute Gasteiger partial charge is 0.123 e. The zero-order chi connectivity index (χ0) is 16.7. The standard InChI is InChI=1S/C17H27N3OS/c1-16(2,3)12-7-11(14-9-22-20(18)10-19-14)8-13(15(12)21)17(4,5)6/h7-8,10,14,21H,9,18H2,1-6H3. The van der Waals surface area contributed by atoms with Crippen LogP contribution in [-0.2, 0) is 10.8 Å². The van der Waals surface area contributed by atoms with Crippen LogP contribution < -0.4 is 5.84 Å². The molecular weight excluding hydrogens is 294 g/mol.